The van der Waals surface area contributed by atoms with E-state index in [1.807, 2.05) is 47.6 Å². The van der Waals surface area contributed by atoms with Gasteiger partial charge in [-0.15, -0.1) is 23.5 Å². The van der Waals surface area contributed by atoms with Gasteiger partial charge in [0.1, 0.15) is 0 Å². The quantitative estimate of drug-likeness (QED) is 0.790. The third kappa shape index (κ3) is 3.65. The Labute approximate surface area is 142 Å². The Morgan fingerprint density at radius 1 is 1.05 bits per heavy atom. The van der Waals surface area contributed by atoms with Crippen molar-refractivity contribution in [1.29, 1.82) is 0 Å². The minimum Gasteiger partial charge on any atom is -0.339 e. The summed E-state index contributed by atoms with van der Waals surface area (Å²) < 4.78 is 0.557. The van der Waals surface area contributed by atoms with Crippen LogP contribution in [0.4, 0.5) is 0 Å². The maximum absolute atomic E-state index is 12.7. The summed E-state index contributed by atoms with van der Waals surface area (Å²) in [5.74, 6) is 3.47. The van der Waals surface area contributed by atoms with Crippen LogP contribution in [0.15, 0.2) is 24.3 Å². The summed E-state index contributed by atoms with van der Waals surface area (Å²) in [6, 6.07) is 8.72. The Bertz CT molecular complexity index is 502. The van der Waals surface area contributed by atoms with Gasteiger partial charge in [-0.3, -0.25) is 4.79 Å². The van der Waals surface area contributed by atoms with E-state index >= 15 is 0 Å². The highest BCUT2D eigenvalue weighted by atomic mass is 32.2. The fourth-order valence-electron chi connectivity index (χ4n) is 3.33. The van der Waals surface area contributed by atoms with Crippen LogP contribution >= 0.6 is 23.5 Å². The van der Waals surface area contributed by atoms with Gasteiger partial charge in [-0.25, -0.2) is 0 Å². The minimum atomic E-state index is 0.179. The van der Waals surface area contributed by atoms with Gasteiger partial charge in [0.2, 0.25) is 0 Å². The Hall–Kier alpha value is -0.610. The zero-order valence-corrected chi connectivity index (χ0v) is 15.1. The predicted octanol–water partition coefficient (Wildman–Crippen LogP) is 4.82. The fraction of sp³-hybridized carbons (Fsp3) is 0.611. The van der Waals surface area contributed by atoms with Gasteiger partial charge in [0.25, 0.3) is 5.91 Å². The normalized spacial score (nSPS) is 26.1. The fourth-order valence-corrected chi connectivity index (χ4v) is 6.19. The number of rotatable bonds is 3. The molecule has 1 amide bonds. The van der Waals surface area contributed by atoms with Gasteiger partial charge >= 0.3 is 0 Å². The Morgan fingerprint density at radius 2 is 1.64 bits per heavy atom. The smallest absolute Gasteiger partial charge is 0.253 e. The monoisotopic (exact) mass is 335 g/mol. The standard InChI is InChI=1S/C18H25NOS2/c1-13-3-9-16(10-4-13)19(2)17(20)14-5-7-15(8-6-14)18-21-11-12-22-18/h5-8,13,16,18H,3-4,9-12H2,1-2H3. The molecule has 22 heavy (non-hydrogen) atoms. The van der Waals surface area contributed by atoms with Crippen molar-refractivity contribution >= 4 is 29.4 Å². The summed E-state index contributed by atoms with van der Waals surface area (Å²) in [5.41, 5.74) is 2.18. The van der Waals surface area contributed by atoms with Gasteiger partial charge in [-0.1, -0.05) is 19.1 Å². The van der Waals surface area contributed by atoms with E-state index in [4.69, 9.17) is 0 Å². The molecular formula is C18H25NOS2. The molecule has 1 saturated carbocycles. The first-order chi connectivity index (χ1) is 10.6. The lowest BCUT2D eigenvalue weighted by atomic mass is 9.86. The Kier molecular flexibility index (Phi) is 5.40. The highest BCUT2D eigenvalue weighted by Crippen LogP contribution is 2.45. The van der Waals surface area contributed by atoms with Gasteiger partial charge < -0.3 is 4.90 Å². The average Bonchev–Trinajstić information content (AvgIpc) is 3.09. The van der Waals surface area contributed by atoms with E-state index in [1.54, 1.807) is 0 Å². The van der Waals surface area contributed by atoms with Gasteiger partial charge in [0.15, 0.2) is 0 Å². The molecule has 2 nitrogen and oxygen atoms in total. The second-order valence-corrected chi connectivity index (χ2v) is 9.25. The van der Waals surface area contributed by atoms with Crippen LogP contribution in [0.1, 0.15) is 53.1 Å². The Balaban J connectivity index is 1.63. The van der Waals surface area contributed by atoms with Gasteiger partial charge in [0, 0.05) is 30.2 Å². The zero-order chi connectivity index (χ0) is 15.5. The molecule has 2 aliphatic rings. The first-order valence-electron chi connectivity index (χ1n) is 8.25. The Morgan fingerprint density at radius 3 is 2.23 bits per heavy atom. The number of hydrogen-bond acceptors (Lipinski definition) is 3. The second-order valence-electron chi connectivity index (χ2n) is 6.53. The lowest BCUT2D eigenvalue weighted by Gasteiger charge is -2.33. The molecule has 2 fully saturated rings. The van der Waals surface area contributed by atoms with Crippen molar-refractivity contribution in [1.82, 2.24) is 4.90 Å². The van der Waals surface area contributed by atoms with E-state index in [-0.39, 0.29) is 5.91 Å². The van der Waals surface area contributed by atoms with Crippen LogP contribution in [-0.2, 0) is 0 Å². The zero-order valence-electron chi connectivity index (χ0n) is 13.5. The maximum atomic E-state index is 12.7. The summed E-state index contributed by atoms with van der Waals surface area (Å²) in [7, 11) is 1.97. The molecule has 4 heteroatoms. The number of nitrogens with zero attached hydrogens (tertiary/aromatic N) is 1. The molecule has 0 radical (unpaired) electrons. The van der Waals surface area contributed by atoms with Crippen LogP contribution < -0.4 is 0 Å². The third-order valence-corrected chi connectivity index (χ3v) is 8.01. The highest BCUT2D eigenvalue weighted by Gasteiger charge is 2.25. The third-order valence-electron chi connectivity index (χ3n) is 4.91. The number of thioether (sulfide) groups is 2. The van der Waals surface area contributed by atoms with Crippen LogP contribution in [0, 0.1) is 5.92 Å². The lowest BCUT2D eigenvalue weighted by Crippen LogP contribution is -2.39. The van der Waals surface area contributed by atoms with E-state index < -0.39 is 0 Å². The van der Waals surface area contributed by atoms with Crippen molar-refractivity contribution in [2.75, 3.05) is 18.6 Å². The molecule has 1 saturated heterocycles. The number of carbonyl (C=O) groups is 1. The van der Waals surface area contributed by atoms with Crippen molar-refractivity contribution < 1.29 is 4.79 Å². The van der Waals surface area contributed by atoms with Gasteiger partial charge in [0.05, 0.1) is 4.58 Å². The van der Waals surface area contributed by atoms with E-state index in [9.17, 15) is 4.79 Å². The van der Waals surface area contributed by atoms with Crippen molar-refractivity contribution in [2.45, 2.75) is 43.2 Å². The largest absolute Gasteiger partial charge is 0.339 e. The molecule has 1 aliphatic heterocycles. The molecular weight excluding hydrogens is 310 g/mol. The van der Waals surface area contributed by atoms with E-state index in [1.165, 1.54) is 29.9 Å². The molecule has 0 aromatic heterocycles. The molecule has 0 bridgehead atoms. The summed E-state index contributed by atoms with van der Waals surface area (Å²) in [6.45, 7) is 2.32. The molecule has 0 N–H and O–H groups in total. The minimum absolute atomic E-state index is 0.179. The summed E-state index contributed by atoms with van der Waals surface area (Å²) >= 11 is 4.01. The molecule has 0 atom stereocenters. The first kappa shape index (κ1) is 16.3. The maximum Gasteiger partial charge on any atom is 0.253 e. The van der Waals surface area contributed by atoms with E-state index in [0.717, 1.165) is 24.3 Å². The summed E-state index contributed by atoms with van der Waals surface area (Å²) in [5, 5.41) is 0. The summed E-state index contributed by atoms with van der Waals surface area (Å²) in [4.78, 5) is 14.6. The van der Waals surface area contributed by atoms with Gasteiger partial charge in [-0.05, 0) is 49.3 Å². The molecule has 0 unspecified atom stereocenters. The van der Waals surface area contributed by atoms with Crippen LogP contribution in [0.5, 0.6) is 0 Å². The number of amides is 1. The lowest BCUT2D eigenvalue weighted by molar-refractivity contribution is 0.0679. The van der Waals surface area contributed by atoms with Crippen LogP contribution in [0.25, 0.3) is 0 Å². The van der Waals surface area contributed by atoms with E-state index in [2.05, 4.69) is 19.1 Å². The van der Waals surface area contributed by atoms with Crippen molar-refractivity contribution in [2.24, 2.45) is 5.92 Å². The number of carbonyl (C=O) groups excluding carboxylic acids is 1. The molecule has 1 heterocycles. The molecule has 1 aromatic rings. The van der Waals surface area contributed by atoms with Gasteiger partial charge in [-0.2, -0.15) is 0 Å². The van der Waals surface area contributed by atoms with Crippen LogP contribution in [0.2, 0.25) is 0 Å². The molecule has 1 aliphatic carbocycles. The average molecular weight is 336 g/mol. The molecule has 1 aromatic carbocycles. The van der Waals surface area contributed by atoms with Crippen molar-refractivity contribution in [3.05, 3.63) is 35.4 Å². The van der Waals surface area contributed by atoms with Crippen LogP contribution in [-0.4, -0.2) is 35.4 Å². The first-order valence-corrected chi connectivity index (χ1v) is 10.3. The number of benzene rings is 1. The number of hydrogen-bond donors (Lipinski definition) is 0. The van der Waals surface area contributed by atoms with Crippen LogP contribution in [0.3, 0.4) is 0 Å². The topological polar surface area (TPSA) is 20.3 Å². The molecule has 120 valence electrons. The highest BCUT2D eigenvalue weighted by molar-refractivity contribution is 8.19. The molecule has 0 spiro atoms. The van der Waals surface area contributed by atoms with Crippen molar-refractivity contribution in [3.8, 4) is 0 Å². The van der Waals surface area contributed by atoms with E-state index in [0.29, 0.717) is 10.6 Å². The SMILES string of the molecule is CC1CCC(N(C)C(=O)c2ccc(C3SCCS3)cc2)CC1. The molecule has 3 rings (SSSR count). The predicted molar refractivity (Wildman–Crippen MR) is 97.6 cm³/mol. The second kappa shape index (κ2) is 7.31. The van der Waals surface area contributed by atoms with Crippen molar-refractivity contribution in [3.63, 3.8) is 0 Å². The summed E-state index contributed by atoms with van der Waals surface area (Å²) in [6.07, 6.45) is 4.79.